The number of nitrogens with one attached hydrogen (secondary N) is 2. The van der Waals surface area contributed by atoms with Gasteiger partial charge in [-0.25, -0.2) is 9.37 Å². The van der Waals surface area contributed by atoms with Crippen LogP contribution >= 0.6 is 0 Å². The zero-order valence-corrected chi connectivity index (χ0v) is 12.9. The molecule has 3 aromatic rings. The van der Waals surface area contributed by atoms with Crippen LogP contribution in [0.25, 0.3) is 0 Å². The number of nitrogens with zero attached hydrogens (tertiary/aromatic N) is 2. The zero-order valence-electron chi connectivity index (χ0n) is 12.9. The second kappa shape index (κ2) is 6.49. The molecule has 0 fully saturated rings. The topological polar surface area (TPSA) is 79.8 Å². The van der Waals surface area contributed by atoms with Crippen molar-refractivity contribution in [2.45, 2.75) is 6.04 Å². The van der Waals surface area contributed by atoms with Gasteiger partial charge in [0.2, 0.25) is 0 Å². The summed E-state index contributed by atoms with van der Waals surface area (Å²) in [6.45, 7) is 0. The third-order valence-corrected chi connectivity index (χ3v) is 3.67. The first-order valence-corrected chi connectivity index (χ1v) is 7.28. The van der Waals surface area contributed by atoms with E-state index in [9.17, 15) is 14.0 Å². The van der Waals surface area contributed by atoms with Crippen molar-refractivity contribution in [2.24, 2.45) is 7.05 Å². The lowest BCUT2D eigenvalue weighted by Gasteiger charge is -2.19. The predicted octanol–water partition coefficient (Wildman–Crippen LogP) is 1.77. The van der Waals surface area contributed by atoms with Crippen LogP contribution in [0.15, 0.2) is 59.8 Å². The summed E-state index contributed by atoms with van der Waals surface area (Å²) >= 11 is 0. The van der Waals surface area contributed by atoms with Gasteiger partial charge in [-0.1, -0.05) is 18.2 Å². The van der Waals surface area contributed by atoms with Crippen molar-refractivity contribution in [3.05, 3.63) is 88.1 Å². The van der Waals surface area contributed by atoms with Crippen LogP contribution in [0.1, 0.15) is 27.8 Å². The average Bonchev–Trinajstić information content (AvgIpc) is 2.99. The van der Waals surface area contributed by atoms with Gasteiger partial charge in [0.05, 0.1) is 0 Å². The zero-order chi connectivity index (χ0) is 17.1. The molecule has 122 valence electrons. The van der Waals surface area contributed by atoms with E-state index in [0.29, 0.717) is 5.82 Å². The quantitative estimate of drug-likeness (QED) is 0.767. The van der Waals surface area contributed by atoms with Gasteiger partial charge in [-0.05, 0) is 18.2 Å². The molecular weight excluding hydrogens is 311 g/mol. The molecule has 0 saturated heterocycles. The van der Waals surface area contributed by atoms with Gasteiger partial charge in [-0.2, -0.15) is 0 Å². The standard InChI is InChI=1S/C17H15FN4O2/c1-22-10-9-19-15(22)14(11-5-2-3-7-13(11)18)21-17(24)12-6-4-8-20-16(12)23/h2-10,14H,1H3,(H,20,23)(H,21,24)/t14-/m0/s1. The summed E-state index contributed by atoms with van der Waals surface area (Å²) in [5.74, 6) is -0.610. The molecule has 24 heavy (non-hydrogen) atoms. The molecular formula is C17H15FN4O2. The largest absolute Gasteiger partial charge is 0.338 e. The number of pyridine rings is 1. The SMILES string of the molecule is Cn1ccnc1[C@@H](NC(=O)c1ccc[nH]c1=O)c1ccccc1F. The molecule has 7 heteroatoms. The molecule has 0 aliphatic carbocycles. The Balaban J connectivity index is 2.02. The maximum absolute atomic E-state index is 14.2. The van der Waals surface area contributed by atoms with Gasteiger partial charge in [0.25, 0.3) is 11.5 Å². The Kier molecular flexibility index (Phi) is 4.24. The first kappa shape index (κ1) is 15.7. The lowest BCUT2D eigenvalue weighted by molar-refractivity contribution is 0.0939. The third kappa shape index (κ3) is 2.96. The number of benzene rings is 1. The number of aryl methyl sites for hydroxylation is 1. The second-order valence-electron chi connectivity index (χ2n) is 5.24. The highest BCUT2D eigenvalue weighted by molar-refractivity contribution is 5.94. The molecule has 0 bridgehead atoms. The van der Waals surface area contributed by atoms with E-state index < -0.39 is 23.3 Å². The number of hydrogen-bond donors (Lipinski definition) is 2. The van der Waals surface area contributed by atoms with Crippen LogP contribution in [0.2, 0.25) is 0 Å². The molecule has 2 aromatic heterocycles. The van der Waals surface area contributed by atoms with E-state index in [2.05, 4.69) is 15.3 Å². The smallest absolute Gasteiger partial charge is 0.260 e. The average molecular weight is 326 g/mol. The van der Waals surface area contributed by atoms with Crippen molar-refractivity contribution in [3.63, 3.8) is 0 Å². The molecule has 0 radical (unpaired) electrons. The summed E-state index contributed by atoms with van der Waals surface area (Å²) in [6.07, 6.45) is 4.70. The molecule has 1 amide bonds. The fourth-order valence-electron chi connectivity index (χ4n) is 2.46. The second-order valence-corrected chi connectivity index (χ2v) is 5.24. The molecule has 1 atom stereocenters. The number of carbonyl (C=O) groups is 1. The van der Waals surface area contributed by atoms with E-state index >= 15 is 0 Å². The first-order valence-electron chi connectivity index (χ1n) is 7.28. The Labute approximate surface area is 137 Å². The van der Waals surface area contributed by atoms with E-state index in [-0.39, 0.29) is 11.1 Å². The van der Waals surface area contributed by atoms with Crippen LogP contribution in [-0.2, 0) is 7.05 Å². The van der Waals surface area contributed by atoms with E-state index in [1.54, 1.807) is 48.3 Å². The molecule has 3 rings (SSSR count). The van der Waals surface area contributed by atoms with Gasteiger partial charge in [0.1, 0.15) is 23.2 Å². The van der Waals surface area contributed by atoms with Crippen molar-refractivity contribution in [3.8, 4) is 0 Å². The number of aromatic amines is 1. The van der Waals surface area contributed by atoms with Crippen molar-refractivity contribution in [1.29, 1.82) is 0 Å². The Bertz CT molecular complexity index is 932. The molecule has 0 aliphatic rings. The summed E-state index contributed by atoms with van der Waals surface area (Å²) < 4.78 is 15.9. The summed E-state index contributed by atoms with van der Waals surface area (Å²) in [5.41, 5.74) is -0.289. The van der Waals surface area contributed by atoms with Crippen molar-refractivity contribution < 1.29 is 9.18 Å². The summed E-state index contributed by atoms with van der Waals surface area (Å²) in [4.78, 5) is 30.9. The Hall–Kier alpha value is -3.22. The number of hydrogen-bond acceptors (Lipinski definition) is 3. The number of carbonyl (C=O) groups excluding carboxylic acids is 1. The number of rotatable bonds is 4. The number of amides is 1. The number of aromatic nitrogens is 3. The minimum absolute atomic E-state index is 0.0481. The lowest BCUT2D eigenvalue weighted by atomic mass is 10.0. The molecule has 1 aromatic carbocycles. The van der Waals surface area contributed by atoms with Crippen molar-refractivity contribution >= 4 is 5.91 Å². The monoisotopic (exact) mass is 326 g/mol. The van der Waals surface area contributed by atoms with E-state index in [4.69, 9.17) is 0 Å². The fourth-order valence-corrected chi connectivity index (χ4v) is 2.46. The number of H-pyrrole nitrogens is 1. The normalized spacial score (nSPS) is 11.9. The van der Waals surface area contributed by atoms with Crippen LogP contribution in [0.3, 0.4) is 0 Å². The fraction of sp³-hybridized carbons (Fsp3) is 0.118. The highest BCUT2D eigenvalue weighted by Gasteiger charge is 2.24. The van der Waals surface area contributed by atoms with Crippen LogP contribution in [0, 0.1) is 5.82 Å². The van der Waals surface area contributed by atoms with E-state index in [1.807, 2.05) is 0 Å². The Morgan fingerprint density at radius 1 is 1.29 bits per heavy atom. The van der Waals surface area contributed by atoms with Gasteiger partial charge in [0, 0.05) is 31.2 Å². The summed E-state index contributed by atoms with van der Waals surface area (Å²) in [5, 5.41) is 2.69. The molecule has 0 aliphatic heterocycles. The molecule has 0 spiro atoms. The lowest BCUT2D eigenvalue weighted by Crippen LogP contribution is -2.34. The van der Waals surface area contributed by atoms with Gasteiger partial charge < -0.3 is 14.9 Å². The Morgan fingerprint density at radius 3 is 2.75 bits per heavy atom. The highest BCUT2D eigenvalue weighted by atomic mass is 19.1. The van der Waals surface area contributed by atoms with Gasteiger partial charge in [0.15, 0.2) is 0 Å². The molecule has 0 unspecified atom stereocenters. The van der Waals surface area contributed by atoms with Crippen molar-refractivity contribution in [2.75, 3.05) is 0 Å². The minimum atomic E-state index is -0.821. The van der Waals surface area contributed by atoms with Crippen LogP contribution < -0.4 is 10.9 Å². The summed E-state index contributed by atoms with van der Waals surface area (Å²) in [6, 6.07) is 8.27. The highest BCUT2D eigenvalue weighted by Crippen LogP contribution is 2.23. The van der Waals surface area contributed by atoms with Gasteiger partial charge in [-0.15, -0.1) is 0 Å². The van der Waals surface area contributed by atoms with Gasteiger partial charge >= 0.3 is 0 Å². The minimum Gasteiger partial charge on any atom is -0.338 e. The van der Waals surface area contributed by atoms with Crippen LogP contribution in [-0.4, -0.2) is 20.4 Å². The third-order valence-electron chi connectivity index (χ3n) is 3.67. The van der Waals surface area contributed by atoms with Gasteiger partial charge in [-0.3, -0.25) is 9.59 Å². The van der Waals surface area contributed by atoms with E-state index in [1.165, 1.54) is 18.3 Å². The van der Waals surface area contributed by atoms with Crippen LogP contribution in [0.5, 0.6) is 0 Å². The molecule has 6 nitrogen and oxygen atoms in total. The van der Waals surface area contributed by atoms with Crippen molar-refractivity contribution in [1.82, 2.24) is 19.9 Å². The van der Waals surface area contributed by atoms with Crippen LogP contribution in [0.4, 0.5) is 4.39 Å². The molecule has 0 saturated carbocycles. The maximum atomic E-state index is 14.2. The molecule has 2 heterocycles. The summed E-state index contributed by atoms with van der Waals surface area (Å²) in [7, 11) is 1.75. The number of halogens is 1. The molecule has 2 N–H and O–H groups in total. The number of imidazole rings is 1. The Morgan fingerprint density at radius 2 is 2.08 bits per heavy atom. The van der Waals surface area contributed by atoms with E-state index in [0.717, 1.165) is 0 Å². The first-order chi connectivity index (χ1) is 11.6. The maximum Gasteiger partial charge on any atom is 0.260 e. The predicted molar refractivity (Wildman–Crippen MR) is 86.0 cm³/mol.